The molecule has 0 fully saturated rings. The molecule has 2 nitrogen and oxygen atoms in total. The lowest BCUT2D eigenvalue weighted by molar-refractivity contribution is 0.246. The molecular formula is C15H24BrFN2. The third kappa shape index (κ3) is 6.02. The molecule has 0 aliphatic rings. The van der Waals surface area contributed by atoms with E-state index in [2.05, 4.69) is 54.1 Å². The van der Waals surface area contributed by atoms with E-state index in [1.807, 2.05) is 6.07 Å². The van der Waals surface area contributed by atoms with Crippen LogP contribution in [0, 0.1) is 11.7 Å². The Labute approximate surface area is 124 Å². The Morgan fingerprint density at radius 1 is 1.32 bits per heavy atom. The van der Waals surface area contributed by atoms with Crippen molar-refractivity contribution in [3.8, 4) is 0 Å². The van der Waals surface area contributed by atoms with Gasteiger partial charge in [0.2, 0.25) is 0 Å². The Morgan fingerprint density at radius 3 is 2.53 bits per heavy atom. The fraction of sp³-hybridized carbons (Fsp3) is 0.600. The van der Waals surface area contributed by atoms with Gasteiger partial charge in [-0.1, -0.05) is 19.9 Å². The fourth-order valence-electron chi connectivity index (χ4n) is 2.05. The van der Waals surface area contributed by atoms with E-state index in [-0.39, 0.29) is 5.82 Å². The van der Waals surface area contributed by atoms with Crippen LogP contribution in [-0.4, -0.2) is 31.6 Å². The van der Waals surface area contributed by atoms with Crippen molar-refractivity contribution in [1.29, 1.82) is 0 Å². The normalized spacial score (nSPS) is 13.3. The van der Waals surface area contributed by atoms with Crippen molar-refractivity contribution in [2.45, 2.75) is 32.9 Å². The average Bonchev–Trinajstić information content (AvgIpc) is 2.31. The number of rotatable bonds is 7. The van der Waals surface area contributed by atoms with Gasteiger partial charge in [-0.15, -0.1) is 0 Å². The smallest absolute Gasteiger partial charge is 0.137 e. The summed E-state index contributed by atoms with van der Waals surface area (Å²) >= 11 is 3.16. The Hall–Kier alpha value is -0.450. The van der Waals surface area contributed by atoms with E-state index in [0.29, 0.717) is 23.0 Å². The van der Waals surface area contributed by atoms with Crippen molar-refractivity contribution >= 4 is 15.9 Å². The first kappa shape index (κ1) is 16.6. The molecule has 1 unspecified atom stereocenters. The molecule has 0 spiro atoms. The lowest BCUT2D eigenvalue weighted by Crippen LogP contribution is -2.38. The van der Waals surface area contributed by atoms with Gasteiger partial charge in [-0.2, -0.15) is 0 Å². The number of hydrogen-bond donors (Lipinski definition) is 1. The monoisotopic (exact) mass is 330 g/mol. The number of likely N-dealkylation sites (N-methyl/N-ethyl adjacent to an activating group) is 1. The van der Waals surface area contributed by atoms with Gasteiger partial charge in [0, 0.05) is 19.1 Å². The summed E-state index contributed by atoms with van der Waals surface area (Å²) in [6.45, 7) is 6.09. The van der Waals surface area contributed by atoms with Crippen LogP contribution in [0.3, 0.4) is 0 Å². The van der Waals surface area contributed by atoms with E-state index in [1.54, 1.807) is 12.1 Å². The third-order valence-electron chi connectivity index (χ3n) is 3.17. The lowest BCUT2D eigenvalue weighted by atomic mass is 10.0. The van der Waals surface area contributed by atoms with Gasteiger partial charge in [-0.3, -0.25) is 0 Å². The minimum Gasteiger partial charge on any atom is -0.311 e. The van der Waals surface area contributed by atoms with Crippen LogP contribution in [0.5, 0.6) is 0 Å². The van der Waals surface area contributed by atoms with Crippen LogP contribution in [0.15, 0.2) is 22.7 Å². The van der Waals surface area contributed by atoms with Crippen molar-refractivity contribution in [3.05, 3.63) is 34.1 Å². The highest BCUT2D eigenvalue weighted by atomic mass is 79.9. The molecule has 0 aliphatic heterocycles. The molecule has 0 saturated heterocycles. The summed E-state index contributed by atoms with van der Waals surface area (Å²) in [4.78, 5) is 2.25. The molecule has 0 amide bonds. The van der Waals surface area contributed by atoms with Crippen LogP contribution >= 0.6 is 15.9 Å². The molecule has 1 aromatic rings. The Balaban J connectivity index is 2.45. The van der Waals surface area contributed by atoms with E-state index < -0.39 is 0 Å². The molecule has 0 radical (unpaired) electrons. The average molecular weight is 331 g/mol. The minimum absolute atomic E-state index is 0.203. The summed E-state index contributed by atoms with van der Waals surface area (Å²) in [7, 11) is 4.21. The van der Waals surface area contributed by atoms with E-state index in [1.165, 1.54) is 0 Å². The van der Waals surface area contributed by atoms with Gasteiger partial charge in [0.15, 0.2) is 0 Å². The topological polar surface area (TPSA) is 15.3 Å². The second kappa shape index (κ2) is 7.98. The van der Waals surface area contributed by atoms with Crippen LogP contribution in [0.4, 0.5) is 4.39 Å². The van der Waals surface area contributed by atoms with Gasteiger partial charge < -0.3 is 10.2 Å². The van der Waals surface area contributed by atoms with Crippen LogP contribution in [0.2, 0.25) is 0 Å². The minimum atomic E-state index is -0.203. The largest absolute Gasteiger partial charge is 0.311 e. The van der Waals surface area contributed by atoms with Crippen LogP contribution < -0.4 is 5.32 Å². The molecule has 1 atom stereocenters. The molecule has 108 valence electrons. The summed E-state index contributed by atoms with van der Waals surface area (Å²) in [5, 5.41) is 3.41. The second-order valence-corrected chi connectivity index (χ2v) is 6.48. The van der Waals surface area contributed by atoms with Gasteiger partial charge in [-0.25, -0.2) is 4.39 Å². The van der Waals surface area contributed by atoms with E-state index in [0.717, 1.165) is 18.5 Å². The van der Waals surface area contributed by atoms with E-state index >= 15 is 0 Å². The van der Waals surface area contributed by atoms with Gasteiger partial charge >= 0.3 is 0 Å². The lowest BCUT2D eigenvalue weighted by Gasteiger charge is -2.26. The van der Waals surface area contributed by atoms with Crippen LogP contribution in [-0.2, 0) is 6.54 Å². The quantitative estimate of drug-likeness (QED) is 0.820. The molecule has 1 N–H and O–H groups in total. The highest BCUT2D eigenvalue weighted by Crippen LogP contribution is 2.16. The summed E-state index contributed by atoms with van der Waals surface area (Å²) in [5.74, 6) is 0.477. The molecule has 1 aromatic carbocycles. The van der Waals surface area contributed by atoms with E-state index in [9.17, 15) is 4.39 Å². The molecule has 0 bridgehead atoms. The first-order chi connectivity index (χ1) is 8.90. The Kier molecular flexibility index (Phi) is 6.97. The Morgan fingerprint density at radius 2 is 2.00 bits per heavy atom. The zero-order valence-corrected chi connectivity index (χ0v) is 13.8. The predicted octanol–water partition coefficient (Wildman–Crippen LogP) is 3.65. The molecule has 0 aliphatic carbocycles. The van der Waals surface area contributed by atoms with Crippen molar-refractivity contribution in [2.24, 2.45) is 5.92 Å². The molecule has 1 rings (SSSR count). The number of nitrogens with zero attached hydrogens (tertiary/aromatic N) is 1. The fourth-order valence-corrected chi connectivity index (χ4v) is 2.30. The van der Waals surface area contributed by atoms with Gasteiger partial charge in [0.25, 0.3) is 0 Å². The van der Waals surface area contributed by atoms with Crippen LogP contribution in [0.1, 0.15) is 25.8 Å². The van der Waals surface area contributed by atoms with Crippen molar-refractivity contribution in [1.82, 2.24) is 10.2 Å². The Bertz CT molecular complexity index is 394. The zero-order valence-electron chi connectivity index (χ0n) is 12.2. The van der Waals surface area contributed by atoms with E-state index in [4.69, 9.17) is 0 Å². The number of benzene rings is 1. The first-order valence-corrected chi connectivity index (χ1v) is 7.50. The summed E-state index contributed by atoms with van der Waals surface area (Å²) < 4.78 is 13.9. The molecule has 0 saturated carbocycles. The third-order valence-corrected chi connectivity index (χ3v) is 3.81. The van der Waals surface area contributed by atoms with Gasteiger partial charge in [0.1, 0.15) is 5.82 Å². The maximum absolute atomic E-state index is 13.4. The van der Waals surface area contributed by atoms with Crippen LogP contribution in [0.25, 0.3) is 0 Å². The van der Waals surface area contributed by atoms with Crippen molar-refractivity contribution in [3.63, 3.8) is 0 Å². The number of halogens is 2. The number of hydrogen-bond acceptors (Lipinski definition) is 2. The summed E-state index contributed by atoms with van der Waals surface area (Å²) in [6.07, 6.45) is 1.16. The summed E-state index contributed by atoms with van der Waals surface area (Å²) in [5.41, 5.74) is 0.975. The standard InChI is InChI=1S/C15H24BrFN2/c1-11(2)7-13(19(3)4)10-18-9-12-5-6-14(16)15(17)8-12/h5-6,8,11,13,18H,7,9-10H2,1-4H3. The molecule has 19 heavy (non-hydrogen) atoms. The molecular weight excluding hydrogens is 307 g/mol. The maximum Gasteiger partial charge on any atom is 0.137 e. The molecule has 4 heteroatoms. The zero-order chi connectivity index (χ0) is 14.4. The molecule has 0 heterocycles. The SMILES string of the molecule is CC(C)CC(CNCc1ccc(Br)c(F)c1)N(C)C. The number of nitrogens with one attached hydrogen (secondary N) is 1. The highest BCUT2D eigenvalue weighted by molar-refractivity contribution is 9.10. The maximum atomic E-state index is 13.4. The first-order valence-electron chi connectivity index (χ1n) is 6.71. The van der Waals surface area contributed by atoms with Crippen molar-refractivity contribution in [2.75, 3.05) is 20.6 Å². The summed E-state index contributed by atoms with van der Waals surface area (Å²) in [6, 6.07) is 5.78. The second-order valence-electron chi connectivity index (χ2n) is 5.63. The van der Waals surface area contributed by atoms with Crippen molar-refractivity contribution < 1.29 is 4.39 Å². The highest BCUT2D eigenvalue weighted by Gasteiger charge is 2.12. The van der Waals surface area contributed by atoms with Gasteiger partial charge in [0.05, 0.1) is 4.47 Å². The molecule has 0 aromatic heterocycles. The van der Waals surface area contributed by atoms with Gasteiger partial charge in [-0.05, 0) is 60.1 Å². The predicted molar refractivity (Wildman–Crippen MR) is 82.7 cm³/mol.